The van der Waals surface area contributed by atoms with Gasteiger partial charge in [-0.25, -0.2) is 9.89 Å². The van der Waals surface area contributed by atoms with E-state index in [1.807, 2.05) is 20.8 Å². The van der Waals surface area contributed by atoms with Crippen LogP contribution in [0.1, 0.15) is 32.0 Å². The van der Waals surface area contributed by atoms with Crippen LogP contribution in [0.15, 0.2) is 10.9 Å². The summed E-state index contributed by atoms with van der Waals surface area (Å²) in [6.07, 6.45) is -0.386. The summed E-state index contributed by atoms with van der Waals surface area (Å²) in [7, 11) is 0. The topological polar surface area (TPSA) is 75.3 Å². The third-order valence-corrected chi connectivity index (χ3v) is 2.33. The second-order valence-electron chi connectivity index (χ2n) is 5.04. The lowest BCUT2D eigenvalue weighted by atomic mass is 10.2. The summed E-state index contributed by atoms with van der Waals surface area (Å²) in [6, 6.07) is 1.46. The molecule has 0 aliphatic carbocycles. The minimum absolute atomic E-state index is 0.255. The van der Waals surface area contributed by atoms with E-state index in [2.05, 4.69) is 10.2 Å². The molecule has 0 saturated carbocycles. The molecular weight excluding hydrogens is 222 g/mol. The number of nitrogens with one attached hydrogen (secondary N) is 1. The van der Waals surface area contributed by atoms with Gasteiger partial charge in [0.25, 0.3) is 5.56 Å². The Morgan fingerprint density at radius 1 is 1.47 bits per heavy atom. The van der Waals surface area contributed by atoms with Crippen molar-refractivity contribution in [3.05, 3.63) is 27.7 Å². The molecule has 1 aromatic heterocycles. The van der Waals surface area contributed by atoms with Crippen molar-refractivity contribution >= 4 is 6.09 Å². The lowest BCUT2D eigenvalue weighted by molar-refractivity contribution is 0.0240. The molecule has 6 nitrogen and oxygen atoms in total. The van der Waals surface area contributed by atoms with Gasteiger partial charge in [-0.2, -0.15) is 5.10 Å². The van der Waals surface area contributed by atoms with Crippen LogP contribution in [0.2, 0.25) is 0 Å². The first kappa shape index (κ1) is 11.6. The normalized spacial score (nSPS) is 14.6. The molecule has 1 aliphatic rings. The van der Waals surface area contributed by atoms with Crippen LogP contribution in [0.5, 0.6) is 0 Å². The van der Waals surface area contributed by atoms with Crippen molar-refractivity contribution in [2.75, 3.05) is 0 Å². The number of rotatable bonds is 0. The van der Waals surface area contributed by atoms with E-state index in [9.17, 15) is 9.59 Å². The van der Waals surface area contributed by atoms with Crippen LogP contribution in [0.3, 0.4) is 0 Å². The maximum atomic E-state index is 11.8. The number of carbonyl (C=O) groups is 1. The maximum absolute atomic E-state index is 11.8. The van der Waals surface area contributed by atoms with Gasteiger partial charge >= 0.3 is 6.09 Å². The summed E-state index contributed by atoms with van der Waals surface area (Å²) in [5.74, 6) is 0. The van der Waals surface area contributed by atoms with E-state index in [0.29, 0.717) is 13.1 Å². The van der Waals surface area contributed by atoms with Crippen molar-refractivity contribution in [2.24, 2.45) is 0 Å². The van der Waals surface area contributed by atoms with Crippen molar-refractivity contribution in [2.45, 2.75) is 39.5 Å². The molecule has 6 heteroatoms. The number of carbonyl (C=O) groups excluding carboxylic acids is 1. The Labute approximate surface area is 98.6 Å². The summed E-state index contributed by atoms with van der Waals surface area (Å²) in [5, 5.41) is 6.26. The predicted molar refractivity (Wildman–Crippen MR) is 60.3 cm³/mol. The van der Waals surface area contributed by atoms with E-state index >= 15 is 0 Å². The molecule has 0 spiro atoms. The first-order valence-corrected chi connectivity index (χ1v) is 5.40. The first-order chi connectivity index (χ1) is 7.85. The Bertz CT molecular complexity index is 501. The fourth-order valence-corrected chi connectivity index (χ4v) is 1.64. The Hall–Kier alpha value is -1.85. The Morgan fingerprint density at radius 2 is 2.18 bits per heavy atom. The third kappa shape index (κ3) is 2.64. The van der Waals surface area contributed by atoms with E-state index in [-0.39, 0.29) is 11.7 Å². The van der Waals surface area contributed by atoms with Gasteiger partial charge in [-0.1, -0.05) is 0 Å². The molecule has 1 amide bonds. The summed E-state index contributed by atoms with van der Waals surface area (Å²) < 4.78 is 5.25. The number of hydrogen-bond donors (Lipinski definition) is 1. The van der Waals surface area contributed by atoms with Crippen LogP contribution < -0.4 is 5.56 Å². The molecule has 0 radical (unpaired) electrons. The Balaban J connectivity index is 2.10. The number of hydrogen-bond acceptors (Lipinski definition) is 4. The fourth-order valence-electron chi connectivity index (χ4n) is 1.64. The molecule has 0 saturated heterocycles. The molecule has 17 heavy (non-hydrogen) atoms. The average molecular weight is 237 g/mol. The van der Waals surface area contributed by atoms with Gasteiger partial charge in [-0.3, -0.25) is 9.69 Å². The monoisotopic (exact) mass is 237 g/mol. The molecule has 2 heterocycles. The van der Waals surface area contributed by atoms with E-state index in [1.54, 1.807) is 0 Å². The zero-order valence-corrected chi connectivity index (χ0v) is 10.1. The predicted octanol–water partition coefficient (Wildman–Crippen LogP) is 1.02. The molecule has 92 valence electrons. The van der Waals surface area contributed by atoms with Crippen molar-refractivity contribution in [3.63, 3.8) is 0 Å². The van der Waals surface area contributed by atoms with Crippen molar-refractivity contribution in [1.29, 1.82) is 0 Å². The summed E-state index contributed by atoms with van der Waals surface area (Å²) in [5.41, 5.74) is 0.722. The molecule has 1 aromatic rings. The number of amides is 1. The van der Waals surface area contributed by atoms with Crippen LogP contribution in [0.25, 0.3) is 0 Å². The molecule has 0 bridgehead atoms. The highest BCUT2D eigenvalue weighted by atomic mass is 16.6. The minimum atomic E-state index is -0.519. The highest BCUT2D eigenvalue weighted by Gasteiger charge is 2.28. The Kier molecular flexibility index (Phi) is 2.65. The molecule has 1 N–H and O–H groups in total. The molecule has 0 unspecified atom stereocenters. The van der Waals surface area contributed by atoms with Crippen LogP contribution in [-0.4, -0.2) is 26.8 Å². The number of H-pyrrole nitrogens is 1. The van der Waals surface area contributed by atoms with Gasteiger partial charge in [-0.05, 0) is 20.8 Å². The highest BCUT2D eigenvalue weighted by Crippen LogP contribution is 2.21. The summed E-state index contributed by atoms with van der Waals surface area (Å²) in [6.45, 7) is 6.20. The van der Waals surface area contributed by atoms with E-state index in [4.69, 9.17) is 4.74 Å². The van der Waals surface area contributed by atoms with E-state index < -0.39 is 5.60 Å². The lowest BCUT2D eigenvalue weighted by Crippen LogP contribution is -2.33. The fraction of sp³-hybridized carbons (Fsp3) is 0.545. The molecule has 0 aromatic carbocycles. The number of aromatic nitrogens is 2. The molecule has 2 rings (SSSR count). The number of fused-ring (bicyclic) bond motifs is 1. The van der Waals surface area contributed by atoms with Gasteiger partial charge in [0, 0.05) is 11.6 Å². The van der Waals surface area contributed by atoms with Crippen LogP contribution >= 0.6 is 0 Å². The quantitative estimate of drug-likeness (QED) is 0.731. The highest BCUT2D eigenvalue weighted by molar-refractivity contribution is 5.69. The van der Waals surface area contributed by atoms with E-state index in [0.717, 1.165) is 11.3 Å². The largest absolute Gasteiger partial charge is 0.444 e. The molecular formula is C11H15N3O3. The van der Waals surface area contributed by atoms with Gasteiger partial charge in [-0.15, -0.1) is 0 Å². The number of aromatic amines is 1. The van der Waals surface area contributed by atoms with E-state index in [1.165, 1.54) is 11.0 Å². The second-order valence-corrected chi connectivity index (χ2v) is 5.04. The molecule has 0 atom stereocenters. The Morgan fingerprint density at radius 3 is 2.82 bits per heavy atom. The lowest BCUT2D eigenvalue weighted by Gasteiger charge is -2.23. The zero-order chi connectivity index (χ0) is 12.6. The van der Waals surface area contributed by atoms with Gasteiger partial charge in [0.05, 0.1) is 18.8 Å². The SMILES string of the molecule is CC(C)(C)OC(=O)N1Cc2cc(=O)[nH]nc2C1. The first-order valence-electron chi connectivity index (χ1n) is 5.40. The van der Waals surface area contributed by atoms with Crippen LogP contribution in [-0.2, 0) is 17.8 Å². The summed E-state index contributed by atoms with van der Waals surface area (Å²) in [4.78, 5) is 24.4. The van der Waals surface area contributed by atoms with Gasteiger partial charge in [0.2, 0.25) is 0 Å². The smallest absolute Gasteiger partial charge is 0.410 e. The van der Waals surface area contributed by atoms with Crippen LogP contribution in [0, 0.1) is 0 Å². The van der Waals surface area contributed by atoms with Gasteiger partial charge in [0.15, 0.2) is 0 Å². The van der Waals surface area contributed by atoms with Gasteiger partial charge < -0.3 is 4.74 Å². The average Bonchev–Trinajstić information content (AvgIpc) is 2.57. The van der Waals surface area contributed by atoms with Crippen LogP contribution in [0.4, 0.5) is 4.79 Å². The van der Waals surface area contributed by atoms with Crippen molar-refractivity contribution in [3.8, 4) is 0 Å². The van der Waals surface area contributed by atoms with Gasteiger partial charge in [0.1, 0.15) is 5.60 Å². The van der Waals surface area contributed by atoms with Crippen molar-refractivity contribution in [1.82, 2.24) is 15.1 Å². The van der Waals surface area contributed by atoms with Crippen molar-refractivity contribution < 1.29 is 9.53 Å². The maximum Gasteiger partial charge on any atom is 0.410 e. The second kappa shape index (κ2) is 3.87. The standard InChI is InChI=1S/C11H15N3O3/c1-11(2,3)17-10(16)14-5-7-4-9(15)13-12-8(7)6-14/h4H,5-6H2,1-3H3,(H,13,15). The summed E-state index contributed by atoms with van der Waals surface area (Å²) >= 11 is 0. The number of ether oxygens (including phenoxy) is 1. The molecule has 1 aliphatic heterocycles. The third-order valence-electron chi connectivity index (χ3n) is 2.33. The minimum Gasteiger partial charge on any atom is -0.444 e. The zero-order valence-electron chi connectivity index (χ0n) is 10.1. The number of nitrogens with zero attached hydrogens (tertiary/aromatic N) is 2. The molecule has 0 fully saturated rings.